The van der Waals surface area contributed by atoms with Gasteiger partial charge in [0.05, 0.1) is 13.2 Å². The summed E-state index contributed by atoms with van der Waals surface area (Å²) in [4.78, 5) is 3.60. The van der Waals surface area contributed by atoms with Crippen molar-refractivity contribution in [2.45, 2.75) is 11.8 Å². The Morgan fingerprint density at radius 3 is 2.44 bits per heavy atom. The van der Waals surface area contributed by atoms with E-state index < -0.39 is 0 Å². The van der Waals surface area contributed by atoms with Gasteiger partial charge in [-0.25, -0.2) is 0 Å². The average Bonchev–Trinajstić information content (AvgIpc) is 2.35. The third-order valence-corrected chi connectivity index (χ3v) is 4.30. The SMILES string of the molecule is CCSc1ccc(N(C)CC2(CN)COC2)cc1. The van der Waals surface area contributed by atoms with Crippen LogP contribution in [0.1, 0.15) is 6.92 Å². The Morgan fingerprint density at radius 2 is 2.00 bits per heavy atom. The number of nitrogens with two attached hydrogens (primary N) is 1. The average molecular weight is 266 g/mol. The zero-order valence-corrected chi connectivity index (χ0v) is 12.0. The highest BCUT2D eigenvalue weighted by Crippen LogP contribution is 2.29. The molecule has 0 aliphatic carbocycles. The van der Waals surface area contributed by atoms with Crippen LogP contribution in [0, 0.1) is 5.41 Å². The van der Waals surface area contributed by atoms with Crippen LogP contribution in [0.3, 0.4) is 0 Å². The summed E-state index contributed by atoms with van der Waals surface area (Å²) >= 11 is 1.87. The summed E-state index contributed by atoms with van der Waals surface area (Å²) in [6.07, 6.45) is 0. The molecule has 1 aliphatic rings. The second-order valence-corrected chi connectivity index (χ2v) is 6.32. The van der Waals surface area contributed by atoms with E-state index in [-0.39, 0.29) is 5.41 Å². The number of rotatable bonds is 6. The lowest BCUT2D eigenvalue weighted by Gasteiger charge is -2.43. The van der Waals surface area contributed by atoms with Gasteiger partial charge in [-0.2, -0.15) is 0 Å². The van der Waals surface area contributed by atoms with Gasteiger partial charge in [-0.05, 0) is 30.0 Å². The van der Waals surface area contributed by atoms with E-state index in [1.54, 1.807) is 0 Å². The van der Waals surface area contributed by atoms with E-state index in [4.69, 9.17) is 10.5 Å². The minimum Gasteiger partial charge on any atom is -0.380 e. The third-order valence-electron chi connectivity index (χ3n) is 3.41. The fourth-order valence-corrected chi connectivity index (χ4v) is 2.88. The van der Waals surface area contributed by atoms with Gasteiger partial charge in [0.2, 0.25) is 0 Å². The van der Waals surface area contributed by atoms with E-state index in [2.05, 4.69) is 43.1 Å². The van der Waals surface area contributed by atoms with E-state index in [9.17, 15) is 0 Å². The normalized spacial score (nSPS) is 17.3. The summed E-state index contributed by atoms with van der Waals surface area (Å²) in [6, 6.07) is 8.74. The highest BCUT2D eigenvalue weighted by atomic mass is 32.2. The summed E-state index contributed by atoms with van der Waals surface area (Å²) in [6.45, 7) is 5.41. The minimum absolute atomic E-state index is 0.158. The number of hydrogen-bond donors (Lipinski definition) is 1. The lowest BCUT2D eigenvalue weighted by atomic mass is 9.85. The third kappa shape index (κ3) is 2.99. The standard InChI is InChI=1S/C14H22N2OS/c1-3-18-13-6-4-12(5-7-13)16(2)9-14(8-15)10-17-11-14/h4-7H,3,8-11,15H2,1-2H3. The first kappa shape index (κ1) is 13.7. The topological polar surface area (TPSA) is 38.5 Å². The molecule has 0 radical (unpaired) electrons. The van der Waals surface area contributed by atoms with Gasteiger partial charge in [0.15, 0.2) is 0 Å². The number of nitrogens with zero attached hydrogens (tertiary/aromatic N) is 1. The first-order valence-electron chi connectivity index (χ1n) is 6.41. The molecule has 1 aromatic carbocycles. The highest BCUT2D eigenvalue weighted by molar-refractivity contribution is 7.99. The van der Waals surface area contributed by atoms with Crippen LogP contribution in [-0.4, -0.2) is 39.1 Å². The molecule has 4 heteroatoms. The van der Waals surface area contributed by atoms with Crippen molar-refractivity contribution in [1.29, 1.82) is 0 Å². The van der Waals surface area contributed by atoms with Gasteiger partial charge >= 0.3 is 0 Å². The van der Waals surface area contributed by atoms with E-state index in [1.807, 2.05) is 11.8 Å². The van der Waals surface area contributed by atoms with E-state index in [0.717, 1.165) is 25.5 Å². The number of benzene rings is 1. The molecule has 0 aromatic heterocycles. The molecule has 1 aromatic rings. The number of thioether (sulfide) groups is 1. The van der Waals surface area contributed by atoms with Crippen molar-refractivity contribution in [3.8, 4) is 0 Å². The summed E-state index contributed by atoms with van der Waals surface area (Å²) in [7, 11) is 2.12. The van der Waals surface area contributed by atoms with Crippen molar-refractivity contribution in [2.75, 3.05) is 44.0 Å². The fourth-order valence-electron chi connectivity index (χ4n) is 2.22. The molecule has 0 atom stereocenters. The molecule has 0 amide bonds. The van der Waals surface area contributed by atoms with Crippen LogP contribution in [-0.2, 0) is 4.74 Å². The van der Waals surface area contributed by atoms with Crippen LogP contribution in [0.25, 0.3) is 0 Å². The van der Waals surface area contributed by atoms with Crippen molar-refractivity contribution in [3.63, 3.8) is 0 Å². The van der Waals surface area contributed by atoms with Crippen LogP contribution < -0.4 is 10.6 Å². The zero-order chi connectivity index (χ0) is 13.0. The van der Waals surface area contributed by atoms with Crippen LogP contribution in [0.4, 0.5) is 5.69 Å². The maximum Gasteiger partial charge on any atom is 0.0574 e. The van der Waals surface area contributed by atoms with Crippen molar-refractivity contribution in [2.24, 2.45) is 11.1 Å². The Bertz CT molecular complexity index is 370. The molecule has 3 nitrogen and oxygen atoms in total. The van der Waals surface area contributed by atoms with Gasteiger partial charge < -0.3 is 15.4 Å². The van der Waals surface area contributed by atoms with Crippen LogP contribution in [0.15, 0.2) is 29.2 Å². The van der Waals surface area contributed by atoms with Crippen LogP contribution in [0.2, 0.25) is 0 Å². The van der Waals surface area contributed by atoms with Crippen LogP contribution in [0.5, 0.6) is 0 Å². The van der Waals surface area contributed by atoms with Gasteiger partial charge in [-0.3, -0.25) is 0 Å². The van der Waals surface area contributed by atoms with Crippen molar-refractivity contribution < 1.29 is 4.74 Å². The monoisotopic (exact) mass is 266 g/mol. The van der Waals surface area contributed by atoms with Crippen molar-refractivity contribution >= 4 is 17.4 Å². The van der Waals surface area contributed by atoms with E-state index in [1.165, 1.54) is 10.6 Å². The Hall–Kier alpha value is -0.710. The van der Waals surface area contributed by atoms with E-state index in [0.29, 0.717) is 6.54 Å². The predicted molar refractivity (Wildman–Crippen MR) is 78.4 cm³/mol. The molecule has 0 bridgehead atoms. The molecule has 1 fully saturated rings. The summed E-state index contributed by atoms with van der Waals surface area (Å²) < 4.78 is 5.31. The number of anilines is 1. The number of ether oxygens (including phenoxy) is 1. The van der Waals surface area contributed by atoms with Crippen molar-refractivity contribution in [3.05, 3.63) is 24.3 Å². The molecule has 0 saturated carbocycles. The molecule has 1 aliphatic heterocycles. The first-order valence-corrected chi connectivity index (χ1v) is 7.39. The Balaban J connectivity index is 1.97. The van der Waals surface area contributed by atoms with Crippen molar-refractivity contribution in [1.82, 2.24) is 0 Å². The molecule has 0 spiro atoms. The zero-order valence-electron chi connectivity index (χ0n) is 11.2. The summed E-state index contributed by atoms with van der Waals surface area (Å²) in [5, 5.41) is 0. The first-order chi connectivity index (χ1) is 8.69. The maximum atomic E-state index is 5.85. The fraction of sp³-hybridized carbons (Fsp3) is 0.571. The number of hydrogen-bond acceptors (Lipinski definition) is 4. The van der Waals surface area contributed by atoms with Gasteiger partial charge in [0, 0.05) is 36.1 Å². The molecule has 0 unspecified atom stereocenters. The largest absolute Gasteiger partial charge is 0.380 e. The van der Waals surface area contributed by atoms with Crippen LogP contribution >= 0.6 is 11.8 Å². The quantitative estimate of drug-likeness (QED) is 0.801. The smallest absolute Gasteiger partial charge is 0.0574 e. The Labute approximate surface area is 114 Å². The van der Waals surface area contributed by atoms with Gasteiger partial charge in [0.25, 0.3) is 0 Å². The lowest BCUT2D eigenvalue weighted by molar-refractivity contribution is -0.101. The second kappa shape index (κ2) is 5.95. The second-order valence-electron chi connectivity index (χ2n) is 4.98. The molecule has 100 valence electrons. The molecule has 1 saturated heterocycles. The highest BCUT2D eigenvalue weighted by Gasteiger charge is 2.38. The molecule has 1 heterocycles. The van der Waals surface area contributed by atoms with Gasteiger partial charge in [0.1, 0.15) is 0 Å². The molecule has 18 heavy (non-hydrogen) atoms. The molecule has 2 N–H and O–H groups in total. The molecule has 2 rings (SSSR count). The summed E-state index contributed by atoms with van der Waals surface area (Å²) in [5.41, 5.74) is 7.25. The molecular weight excluding hydrogens is 244 g/mol. The molecular formula is C14H22N2OS. The van der Waals surface area contributed by atoms with E-state index >= 15 is 0 Å². The summed E-state index contributed by atoms with van der Waals surface area (Å²) in [5.74, 6) is 1.11. The predicted octanol–water partition coefficient (Wildman–Crippen LogP) is 2.21. The minimum atomic E-state index is 0.158. The maximum absolute atomic E-state index is 5.85. The van der Waals surface area contributed by atoms with Gasteiger partial charge in [-0.15, -0.1) is 11.8 Å². The Morgan fingerprint density at radius 1 is 1.33 bits per heavy atom. The lowest BCUT2D eigenvalue weighted by Crippen LogP contribution is -2.54. The van der Waals surface area contributed by atoms with Gasteiger partial charge in [-0.1, -0.05) is 6.92 Å². The Kier molecular flexibility index (Phi) is 4.54.